The van der Waals surface area contributed by atoms with Crippen LogP contribution in [-0.2, 0) is 16.1 Å². The van der Waals surface area contributed by atoms with Crippen LogP contribution in [0, 0.1) is 5.92 Å². The van der Waals surface area contributed by atoms with Crippen LogP contribution in [0.15, 0.2) is 29.3 Å². The molecule has 0 spiro atoms. The lowest BCUT2D eigenvalue weighted by Crippen LogP contribution is -2.48. The largest absolute Gasteiger partial charge is 0.491 e. The lowest BCUT2D eigenvalue weighted by molar-refractivity contribution is -0.149. The molecule has 0 aliphatic carbocycles. The molecule has 1 heterocycles. The van der Waals surface area contributed by atoms with E-state index in [1.807, 2.05) is 32.9 Å². The van der Waals surface area contributed by atoms with E-state index in [2.05, 4.69) is 27.3 Å². The zero-order chi connectivity index (χ0) is 18.9. The van der Waals surface area contributed by atoms with E-state index in [-0.39, 0.29) is 18.0 Å². The number of ether oxygens (including phenoxy) is 2. The van der Waals surface area contributed by atoms with E-state index in [1.54, 1.807) is 7.05 Å². The number of likely N-dealkylation sites (tertiary alicyclic amines) is 1. The van der Waals surface area contributed by atoms with Gasteiger partial charge in [0.05, 0.1) is 18.6 Å². The van der Waals surface area contributed by atoms with Gasteiger partial charge in [-0.25, -0.2) is 0 Å². The molecular formula is C20H31N3O3. The average Bonchev–Trinajstić information content (AvgIpc) is 2.63. The molecule has 1 N–H and O–H groups in total. The summed E-state index contributed by atoms with van der Waals surface area (Å²) in [6.07, 6.45) is 2.01. The highest BCUT2D eigenvalue weighted by molar-refractivity contribution is 5.81. The van der Waals surface area contributed by atoms with E-state index >= 15 is 0 Å². The first-order valence-electron chi connectivity index (χ1n) is 9.41. The maximum Gasteiger partial charge on any atom is 0.310 e. The molecule has 0 radical (unpaired) electrons. The van der Waals surface area contributed by atoms with Gasteiger partial charge < -0.3 is 19.7 Å². The summed E-state index contributed by atoms with van der Waals surface area (Å²) >= 11 is 0. The number of nitrogens with zero attached hydrogens (tertiary/aromatic N) is 2. The van der Waals surface area contributed by atoms with E-state index in [1.165, 1.54) is 0 Å². The van der Waals surface area contributed by atoms with Crippen molar-refractivity contribution >= 4 is 11.9 Å². The van der Waals surface area contributed by atoms with Gasteiger partial charge in [0.2, 0.25) is 0 Å². The standard InChI is InChI=1S/C20H31N3O3/c1-5-25-19(24)17-7-6-12-23(14-17)20(21-4)22-13-16-8-10-18(11-9-16)26-15(2)3/h8-11,15,17H,5-7,12-14H2,1-4H3,(H,21,22). The fraction of sp³-hybridized carbons (Fsp3) is 0.600. The van der Waals surface area contributed by atoms with Gasteiger partial charge in [0, 0.05) is 26.7 Å². The second kappa shape index (κ2) is 10.0. The summed E-state index contributed by atoms with van der Waals surface area (Å²) < 4.78 is 10.8. The number of esters is 1. The fourth-order valence-corrected chi connectivity index (χ4v) is 3.09. The lowest BCUT2D eigenvalue weighted by Gasteiger charge is -2.34. The van der Waals surface area contributed by atoms with Crippen molar-refractivity contribution in [1.29, 1.82) is 0 Å². The molecule has 0 aromatic heterocycles. The third-order valence-electron chi connectivity index (χ3n) is 4.30. The monoisotopic (exact) mass is 361 g/mol. The van der Waals surface area contributed by atoms with Crippen molar-refractivity contribution in [3.8, 4) is 5.75 Å². The van der Waals surface area contributed by atoms with Crippen molar-refractivity contribution in [2.24, 2.45) is 10.9 Å². The first kappa shape index (κ1) is 20.1. The number of hydrogen-bond acceptors (Lipinski definition) is 4. The minimum atomic E-state index is -0.103. The molecule has 1 atom stereocenters. The Kier molecular flexibility index (Phi) is 7.75. The van der Waals surface area contributed by atoms with E-state index in [0.717, 1.165) is 36.7 Å². The number of carbonyl (C=O) groups is 1. The van der Waals surface area contributed by atoms with Crippen LogP contribution in [-0.4, -0.2) is 49.7 Å². The highest BCUT2D eigenvalue weighted by Crippen LogP contribution is 2.18. The highest BCUT2D eigenvalue weighted by atomic mass is 16.5. The number of guanidine groups is 1. The molecule has 6 nitrogen and oxygen atoms in total. The lowest BCUT2D eigenvalue weighted by atomic mass is 9.98. The van der Waals surface area contributed by atoms with E-state index in [0.29, 0.717) is 19.7 Å². The molecule has 1 saturated heterocycles. The molecule has 26 heavy (non-hydrogen) atoms. The van der Waals surface area contributed by atoms with Crippen molar-refractivity contribution in [3.63, 3.8) is 0 Å². The number of benzene rings is 1. The quantitative estimate of drug-likeness (QED) is 0.480. The van der Waals surface area contributed by atoms with Crippen molar-refractivity contribution in [2.75, 3.05) is 26.7 Å². The zero-order valence-electron chi connectivity index (χ0n) is 16.3. The van der Waals surface area contributed by atoms with Crippen molar-refractivity contribution in [2.45, 2.75) is 46.3 Å². The van der Waals surface area contributed by atoms with Gasteiger partial charge in [-0.2, -0.15) is 0 Å². The summed E-state index contributed by atoms with van der Waals surface area (Å²) in [7, 11) is 1.77. The molecule has 1 aromatic carbocycles. The molecule has 1 aliphatic heterocycles. The third-order valence-corrected chi connectivity index (χ3v) is 4.30. The van der Waals surface area contributed by atoms with Gasteiger partial charge in [0.25, 0.3) is 0 Å². The number of aliphatic imine (C=N–C) groups is 1. The number of hydrogen-bond donors (Lipinski definition) is 1. The molecule has 1 aromatic rings. The molecule has 0 amide bonds. The van der Waals surface area contributed by atoms with Gasteiger partial charge in [-0.05, 0) is 51.3 Å². The Morgan fingerprint density at radius 1 is 1.35 bits per heavy atom. The summed E-state index contributed by atoms with van der Waals surface area (Å²) in [5, 5.41) is 3.39. The van der Waals surface area contributed by atoms with E-state index in [4.69, 9.17) is 9.47 Å². The average molecular weight is 361 g/mol. The van der Waals surface area contributed by atoms with Gasteiger partial charge >= 0.3 is 5.97 Å². The summed E-state index contributed by atoms with van der Waals surface area (Å²) in [5.74, 6) is 1.52. The first-order chi connectivity index (χ1) is 12.5. The van der Waals surface area contributed by atoms with Crippen LogP contribution < -0.4 is 10.1 Å². The fourth-order valence-electron chi connectivity index (χ4n) is 3.09. The van der Waals surface area contributed by atoms with Gasteiger partial charge in [-0.3, -0.25) is 9.79 Å². The molecule has 1 fully saturated rings. The zero-order valence-corrected chi connectivity index (χ0v) is 16.3. The van der Waals surface area contributed by atoms with Crippen LogP contribution in [0.4, 0.5) is 0 Å². The topological polar surface area (TPSA) is 63.2 Å². The van der Waals surface area contributed by atoms with Crippen molar-refractivity contribution in [1.82, 2.24) is 10.2 Å². The highest BCUT2D eigenvalue weighted by Gasteiger charge is 2.28. The number of carbonyl (C=O) groups excluding carboxylic acids is 1. The van der Waals surface area contributed by atoms with Crippen LogP contribution in [0.1, 0.15) is 39.2 Å². The van der Waals surface area contributed by atoms with Crippen LogP contribution in [0.3, 0.4) is 0 Å². The van der Waals surface area contributed by atoms with Gasteiger partial charge in [-0.1, -0.05) is 12.1 Å². The number of rotatable bonds is 6. The van der Waals surface area contributed by atoms with Gasteiger partial charge in [0.1, 0.15) is 5.75 Å². The van der Waals surface area contributed by atoms with Gasteiger partial charge in [0.15, 0.2) is 5.96 Å². The van der Waals surface area contributed by atoms with Gasteiger partial charge in [-0.15, -0.1) is 0 Å². The summed E-state index contributed by atoms with van der Waals surface area (Å²) in [4.78, 5) is 18.5. The summed E-state index contributed by atoms with van der Waals surface area (Å²) in [6, 6.07) is 8.07. The first-order valence-corrected chi connectivity index (χ1v) is 9.41. The number of nitrogens with one attached hydrogen (secondary N) is 1. The van der Waals surface area contributed by atoms with Crippen LogP contribution in [0.25, 0.3) is 0 Å². The maximum absolute atomic E-state index is 12.0. The van der Waals surface area contributed by atoms with Crippen molar-refractivity contribution < 1.29 is 14.3 Å². The molecule has 1 aliphatic rings. The second-order valence-corrected chi connectivity index (χ2v) is 6.75. The SMILES string of the molecule is CCOC(=O)C1CCCN(C(=NC)NCc2ccc(OC(C)C)cc2)C1. The Bertz CT molecular complexity index is 599. The Labute approximate surface area is 156 Å². The van der Waals surface area contributed by atoms with Crippen LogP contribution in [0.5, 0.6) is 5.75 Å². The molecule has 0 saturated carbocycles. The Morgan fingerprint density at radius 3 is 2.69 bits per heavy atom. The Morgan fingerprint density at radius 2 is 2.08 bits per heavy atom. The maximum atomic E-state index is 12.0. The molecule has 1 unspecified atom stereocenters. The summed E-state index contributed by atoms with van der Waals surface area (Å²) in [6.45, 7) is 8.53. The Hall–Kier alpha value is -2.24. The van der Waals surface area contributed by atoms with Crippen molar-refractivity contribution in [3.05, 3.63) is 29.8 Å². The smallest absolute Gasteiger partial charge is 0.310 e. The molecule has 0 bridgehead atoms. The number of piperidine rings is 1. The third kappa shape index (κ3) is 5.93. The van der Waals surface area contributed by atoms with E-state index < -0.39 is 0 Å². The Balaban J connectivity index is 1.89. The molecule has 2 rings (SSSR count). The minimum absolute atomic E-state index is 0.0743. The molecule has 144 valence electrons. The predicted octanol–water partition coefficient (Wildman–Crippen LogP) is 2.82. The second-order valence-electron chi connectivity index (χ2n) is 6.75. The summed E-state index contributed by atoms with van der Waals surface area (Å²) in [5.41, 5.74) is 1.15. The molecule has 6 heteroatoms. The van der Waals surface area contributed by atoms with E-state index in [9.17, 15) is 4.79 Å². The van der Waals surface area contributed by atoms with Crippen LogP contribution in [0.2, 0.25) is 0 Å². The normalized spacial score (nSPS) is 18.0. The predicted molar refractivity (Wildman–Crippen MR) is 103 cm³/mol. The minimum Gasteiger partial charge on any atom is -0.491 e. The van der Waals surface area contributed by atoms with Crippen LogP contribution >= 0.6 is 0 Å². The molecular weight excluding hydrogens is 330 g/mol.